The Labute approximate surface area is 877 Å². The second kappa shape index (κ2) is 52.4. The fourth-order valence-corrected chi connectivity index (χ4v) is 17.8. The van der Waals surface area contributed by atoms with Crippen LogP contribution in [0.4, 0.5) is 34.1 Å². The predicted octanol–water partition coefficient (Wildman–Crippen LogP) is 30.7. The topological polar surface area (TPSA) is 191 Å². The van der Waals surface area contributed by atoms with E-state index in [0.29, 0.717) is 25.1 Å². The van der Waals surface area contributed by atoms with Crippen molar-refractivity contribution in [3.8, 4) is 55.6 Å². The Morgan fingerprint density at radius 2 is 0.476 bits per heavy atom. The zero-order chi connectivity index (χ0) is 103. The summed E-state index contributed by atoms with van der Waals surface area (Å²) in [6.45, 7) is 52.0. The first-order chi connectivity index (χ1) is 68.1. The van der Waals surface area contributed by atoms with Crippen LogP contribution in [0.15, 0.2) is 243 Å². The molecule has 15 aromatic rings. The summed E-state index contributed by atoms with van der Waals surface area (Å²) >= 11 is 30.9. The number of benzene rings is 10. The minimum absolute atomic E-state index is 0.138. The highest BCUT2D eigenvalue weighted by molar-refractivity contribution is 6.33. The summed E-state index contributed by atoms with van der Waals surface area (Å²) < 4.78 is 0. The van der Waals surface area contributed by atoms with Crippen LogP contribution in [0.25, 0.3) is 110 Å². The Kier molecular flexibility index (Phi) is 40.6. The molecule has 0 saturated carbocycles. The molecular weight excluding hydrogens is 1870 g/mol. The third-order valence-electron chi connectivity index (χ3n) is 24.6. The van der Waals surface area contributed by atoms with Gasteiger partial charge in [-0.25, -0.2) is 0 Å². The zero-order valence-electron chi connectivity index (χ0n) is 88.0. The van der Waals surface area contributed by atoms with Crippen LogP contribution >= 0.6 is 58.0 Å². The van der Waals surface area contributed by atoms with E-state index in [1.165, 1.54) is 82.5 Å². The third kappa shape index (κ3) is 35.0. The molecule has 756 valence electrons. The summed E-state index contributed by atoms with van der Waals surface area (Å²) in [7, 11) is 4.10. The molecule has 10 N–H and O–H groups in total. The Hall–Kier alpha value is -10.7. The molecule has 1 fully saturated rings. The number of aryl methyl sites for hydroxylation is 3. The van der Waals surface area contributed by atoms with Gasteiger partial charge in [-0.05, 0) is 352 Å². The number of pyridine rings is 5. The smallest absolute Gasteiger partial charge is 0.0738 e. The van der Waals surface area contributed by atoms with Gasteiger partial charge in [-0.3, -0.25) is 29.8 Å². The van der Waals surface area contributed by atoms with Gasteiger partial charge in [0.25, 0.3) is 0 Å². The number of piperidine rings is 1. The molecule has 0 spiro atoms. The van der Waals surface area contributed by atoms with Crippen LogP contribution in [-0.4, -0.2) is 150 Å². The van der Waals surface area contributed by atoms with E-state index in [2.05, 4.69) is 373 Å². The second-order valence-electron chi connectivity index (χ2n) is 42.9. The number of halogens is 5. The van der Waals surface area contributed by atoms with Crippen molar-refractivity contribution in [1.29, 1.82) is 0 Å². The highest BCUT2D eigenvalue weighted by Gasteiger charge is 2.22. The van der Waals surface area contributed by atoms with Crippen LogP contribution in [0.2, 0.25) is 25.1 Å². The van der Waals surface area contributed by atoms with Gasteiger partial charge in [-0.1, -0.05) is 190 Å². The Morgan fingerprint density at radius 3 is 0.685 bits per heavy atom. The average Bonchev–Trinajstić information content (AvgIpc) is 0.775. The predicted molar refractivity (Wildman–Crippen MR) is 623 cm³/mol. The van der Waals surface area contributed by atoms with Crippen molar-refractivity contribution >= 4 is 147 Å². The number of hydrogen-bond acceptors (Lipinski definition) is 17. The molecule has 10 aromatic carbocycles. The maximum Gasteiger partial charge on any atom is 0.0738 e. The van der Waals surface area contributed by atoms with Gasteiger partial charge in [-0.2, -0.15) is 0 Å². The number of hydrogen-bond donors (Lipinski definition) is 10. The van der Waals surface area contributed by atoms with Crippen molar-refractivity contribution in [2.45, 2.75) is 210 Å². The van der Waals surface area contributed by atoms with Crippen molar-refractivity contribution in [3.63, 3.8) is 0 Å². The monoisotopic (exact) mass is 2020 g/mol. The lowest BCUT2D eigenvalue weighted by Gasteiger charge is -2.26. The summed E-state index contributed by atoms with van der Waals surface area (Å²) in [6, 6.07) is 72.9. The minimum Gasteiger partial charge on any atom is -0.384 e. The molecule has 0 atom stereocenters. The van der Waals surface area contributed by atoms with Gasteiger partial charge < -0.3 is 58.1 Å². The first-order valence-electron chi connectivity index (χ1n) is 50.8. The Balaban J connectivity index is 0.000000160. The first-order valence-corrected chi connectivity index (χ1v) is 52.7. The molecule has 1 aliphatic rings. The SMILES string of the molecule is CC(C)(C)NCCCNc1c(-c2ccc(CN3CCCCC3)cc2)cnc2cc(Cl)ccc12.CN(C)c1ccc(-c2cnc3cc(Cl)ccc3c2NCCCNC(C)(C)C)cc1.Cc1ccc(-c2cnc3cc(Cl)ccc3c2NCCCNC(C)(C)C)cc1.Cc1ccc(-c2cnc3cc(Cl)ccc3c2NCCCNC(C)(C)C)cc1.Cc1ccc(-c2cnc3cc(Cl)ccc3c2NCCCNC(C)(C)C)cc1. The van der Waals surface area contributed by atoms with Gasteiger partial charge >= 0.3 is 0 Å². The lowest BCUT2D eigenvalue weighted by atomic mass is 10.0. The van der Waals surface area contributed by atoms with Crippen molar-refractivity contribution in [2.75, 3.05) is 124 Å². The molecule has 17 nitrogen and oxygen atoms in total. The lowest BCUT2D eigenvalue weighted by Crippen LogP contribution is -2.36. The van der Waals surface area contributed by atoms with E-state index >= 15 is 0 Å². The van der Waals surface area contributed by atoms with Crippen LogP contribution in [0.3, 0.4) is 0 Å². The third-order valence-corrected chi connectivity index (χ3v) is 25.8. The number of fused-ring (bicyclic) bond motifs is 5. The number of aromatic nitrogens is 5. The summed E-state index contributed by atoms with van der Waals surface area (Å²) in [5, 5.41) is 45.1. The minimum atomic E-state index is 0.138. The van der Waals surface area contributed by atoms with Crippen LogP contribution in [-0.2, 0) is 6.54 Å². The summed E-state index contributed by atoms with van der Waals surface area (Å²) in [4.78, 5) is 28.0. The molecule has 16 rings (SSSR count). The van der Waals surface area contributed by atoms with E-state index in [0.717, 1.165) is 220 Å². The quantitative estimate of drug-likeness (QED) is 0.0175. The second-order valence-corrected chi connectivity index (χ2v) is 45.1. The van der Waals surface area contributed by atoms with Gasteiger partial charge in [0.05, 0.1) is 56.0 Å². The summed E-state index contributed by atoms with van der Waals surface area (Å²) in [5.41, 5.74) is 28.6. The Bertz CT molecular complexity index is 6230. The van der Waals surface area contributed by atoms with E-state index < -0.39 is 0 Å². The molecule has 0 unspecified atom stereocenters. The number of rotatable bonds is 33. The molecule has 0 amide bonds. The van der Waals surface area contributed by atoms with Crippen molar-refractivity contribution in [2.24, 2.45) is 0 Å². The van der Waals surface area contributed by atoms with Gasteiger partial charge in [0.1, 0.15) is 0 Å². The van der Waals surface area contributed by atoms with E-state index in [-0.39, 0.29) is 27.7 Å². The van der Waals surface area contributed by atoms with E-state index in [1.54, 1.807) is 0 Å². The summed E-state index contributed by atoms with van der Waals surface area (Å²) in [5.74, 6) is 0. The van der Waals surface area contributed by atoms with E-state index in [1.807, 2.05) is 91.6 Å². The fraction of sp³-hybridized carbons (Fsp3) is 0.380. The fourth-order valence-electron chi connectivity index (χ4n) is 17.0. The number of nitrogens with zero attached hydrogens (tertiary/aromatic N) is 7. The van der Waals surface area contributed by atoms with E-state index in [9.17, 15) is 0 Å². The maximum atomic E-state index is 6.24. The van der Waals surface area contributed by atoms with E-state index in [4.69, 9.17) is 63.0 Å². The lowest BCUT2D eigenvalue weighted by molar-refractivity contribution is 0.221. The first kappa shape index (κ1) is 111. The molecule has 0 aliphatic carbocycles. The highest BCUT2D eigenvalue weighted by atomic mass is 35.5. The molecule has 143 heavy (non-hydrogen) atoms. The van der Waals surface area contributed by atoms with Gasteiger partial charge in [0, 0.05) is 198 Å². The molecule has 6 heterocycles. The van der Waals surface area contributed by atoms with Crippen LogP contribution in [0.1, 0.15) is 177 Å². The normalized spacial score (nSPS) is 12.5. The molecule has 5 aromatic heterocycles. The van der Waals surface area contributed by atoms with Crippen LogP contribution in [0.5, 0.6) is 0 Å². The Morgan fingerprint density at radius 1 is 0.266 bits per heavy atom. The standard InChI is InChI=1S/C28H37ClN4.C24H31ClN4.3C23H28ClN3/c1-28(2,3)32-15-7-14-30-27-24-13-12-23(29)18-26(24)31-19-25(27)22-10-8-21(9-11-22)20-33-16-5-4-6-17-33;1-24(2,3)28-14-6-13-26-23-20-12-9-18(25)15-22(20)27-16-21(23)17-7-10-19(11-8-17)29(4)5;3*1-16-6-8-17(9-7-16)20-15-26-21-14-18(24)10-11-19(21)22(20)25-12-5-13-27-23(2,3)4/h8-13,18-19,32H,4-7,14-17,20H2,1-3H3,(H,30,31);7-12,15-16,28H,6,13-14H2,1-5H3,(H,26,27);3*6-11,14-15,27H,5,12-13H2,1-4H3,(H,25,26). The van der Waals surface area contributed by atoms with Gasteiger partial charge in [0.15, 0.2) is 0 Å². The molecule has 1 saturated heterocycles. The maximum absolute atomic E-state index is 6.24. The summed E-state index contributed by atoms with van der Waals surface area (Å²) in [6.07, 6.45) is 19.0. The zero-order valence-corrected chi connectivity index (χ0v) is 91.7. The van der Waals surface area contributed by atoms with Crippen molar-refractivity contribution in [3.05, 3.63) is 291 Å². The largest absolute Gasteiger partial charge is 0.384 e. The average molecular weight is 2020 g/mol. The molecule has 1 aliphatic heterocycles. The number of likely N-dealkylation sites (tertiary alicyclic amines) is 1. The number of anilines is 6. The highest BCUT2D eigenvalue weighted by Crippen LogP contribution is 2.42. The van der Waals surface area contributed by atoms with Crippen LogP contribution < -0.4 is 58.1 Å². The molecular formula is C121H152Cl5N17. The molecule has 0 radical (unpaired) electrons. The van der Waals surface area contributed by atoms with Gasteiger partial charge in [-0.15, -0.1) is 0 Å². The molecule has 22 heteroatoms. The van der Waals surface area contributed by atoms with Crippen molar-refractivity contribution in [1.82, 2.24) is 56.4 Å². The molecule has 0 bridgehead atoms. The van der Waals surface area contributed by atoms with Crippen LogP contribution in [0, 0.1) is 20.8 Å². The van der Waals surface area contributed by atoms with Crippen molar-refractivity contribution < 1.29 is 0 Å². The number of nitrogens with one attached hydrogen (secondary N) is 10. The van der Waals surface area contributed by atoms with Gasteiger partial charge in [0.2, 0.25) is 0 Å².